The van der Waals surface area contributed by atoms with Gasteiger partial charge in [0, 0.05) is 10.5 Å². The number of anilines is 1. The molecule has 2 heterocycles. The fraction of sp³-hybridized carbons (Fsp3) is 0.105. The summed E-state index contributed by atoms with van der Waals surface area (Å²) in [6, 6.07) is 15.9. The van der Waals surface area contributed by atoms with Crippen molar-refractivity contribution in [2.45, 2.75) is 11.4 Å². The largest absolute Gasteiger partial charge is 0.324 e. The normalized spacial score (nSPS) is 13.2. The summed E-state index contributed by atoms with van der Waals surface area (Å²) in [7, 11) is 0. The van der Waals surface area contributed by atoms with Gasteiger partial charge in [0.25, 0.3) is 0 Å². The van der Waals surface area contributed by atoms with Gasteiger partial charge in [-0.15, -0.1) is 11.8 Å². The molecule has 1 aromatic heterocycles. The van der Waals surface area contributed by atoms with Gasteiger partial charge in [-0.2, -0.15) is 5.10 Å². The molecule has 4 rings (SSSR count). The van der Waals surface area contributed by atoms with Crippen LogP contribution < -0.4 is 5.32 Å². The molecule has 0 aliphatic carbocycles. The summed E-state index contributed by atoms with van der Waals surface area (Å²) in [6.07, 6.45) is 5.91. The Morgan fingerprint density at radius 2 is 1.92 bits per heavy atom. The van der Waals surface area contributed by atoms with Crippen molar-refractivity contribution < 1.29 is 4.79 Å². The Kier molecular flexibility index (Phi) is 4.11. The first-order valence-corrected chi connectivity index (χ1v) is 9.11. The smallest absolute Gasteiger partial charge is 0.246 e. The predicted octanol–water partition coefficient (Wildman–Crippen LogP) is 3.79. The standard InChI is InChI=1S/C19H16N4OS/c1-25-14-9-6-13(7-10-14)8-11-17-21-19-15-4-2-3-5-16(15)20-18(24)12-23(19)22-17/h2-11H,12H2,1H3,(H,20,24). The third kappa shape index (κ3) is 3.21. The first kappa shape index (κ1) is 15.7. The maximum atomic E-state index is 12.0. The minimum Gasteiger partial charge on any atom is -0.324 e. The summed E-state index contributed by atoms with van der Waals surface area (Å²) < 4.78 is 1.65. The van der Waals surface area contributed by atoms with Crippen molar-refractivity contribution in [3.8, 4) is 11.4 Å². The molecule has 0 bridgehead atoms. The molecule has 5 nitrogen and oxygen atoms in total. The van der Waals surface area contributed by atoms with Crippen LogP contribution in [0.4, 0.5) is 5.69 Å². The molecular weight excluding hydrogens is 332 g/mol. The minimum atomic E-state index is -0.0979. The van der Waals surface area contributed by atoms with Crippen LogP contribution in [0.2, 0.25) is 0 Å². The first-order chi connectivity index (χ1) is 12.2. The molecule has 1 N–H and O–H groups in total. The number of amides is 1. The average molecular weight is 348 g/mol. The van der Waals surface area contributed by atoms with Gasteiger partial charge in [-0.1, -0.05) is 30.3 Å². The first-order valence-electron chi connectivity index (χ1n) is 7.89. The van der Waals surface area contributed by atoms with Crippen molar-refractivity contribution in [1.82, 2.24) is 14.8 Å². The van der Waals surface area contributed by atoms with Crippen molar-refractivity contribution in [2.75, 3.05) is 11.6 Å². The second-order valence-electron chi connectivity index (χ2n) is 5.65. The average Bonchev–Trinajstić information content (AvgIpc) is 2.97. The molecule has 1 aliphatic rings. The lowest BCUT2D eigenvalue weighted by Gasteiger charge is -2.03. The molecule has 0 saturated carbocycles. The van der Waals surface area contributed by atoms with Gasteiger partial charge in [0.05, 0.1) is 5.69 Å². The fourth-order valence-corrected chi connectivity index (χ4v) is 3.15. The van der Waals surface area contributed by atoms with E-state index in [9.17, 15) is 4.79 Å². The number of carbonyl (C=O) groups excluding carboxylic acids is 1. The molecule has 6 heteroatoms. The SMILES string of the molecule is CSc1ccc(C=Cc2nc3n(n2)CC(=O)Nc2ccccc2-3)cc1. The van der Waals surface area contributed by atoms with E-state index in [2.05, 4.69) is 45.9 Å². The number of thioether (sulfide) groups is 1. The number of fused-ring (bicyclic) bond motifs is 3. The zero-order valence-corrected chi connectivity index (χ0v) is 14.5. The van der Waals surface area contributed by atoms with Crippen molar-refractivity contribution in [3.63, 3.8) is 0 Å². The summed E-state index contributed by atoms with van der Waals surface area (Å²) in [4.78, 5) is 17.9. The van der Waals surface area contributed by atoms with Gasteiger partial charge < -0.3 is 5.32 Å². The number of hydrogen-bond acceptors (Lipinski definition) is 4. The Labute approximate surface area is 149 Å². The Morgan fingerprint density at radius 1 is 1.12 bits per heavy atom. The number of rotatable bonds is 3. The Balaban J connectivity index is 1.67. The van der Waals surface area contributed by atoms with E-state index in [-0.39, 0.29) is 12.5 Å². The van der Waals surface area contributed by atoms with E-state index in [4.69, 9.17) is 0 Å². The fourth-order valence-electron chi connectivity index (χ4n) is 2.74. The van der Waals surface area contributed by atoms with Crippen LogP contribution in [0.15, 0.2) is 53.4 Å². The summed E-state index contributed by atoms with van der Waals surface area (Å²) in [5.74, 6) is 1.19. The van der Waals surface area contributed by atoms with Gasteiger partial charge in [-0.25, -0.2) is 9.67 Å². The Hall–Kier alpha value is -2.86. The number of nitrogens with zero attached hydrogens (tertiary/aromatic N) is 3. The highest BCUT2D eigenvalue weighted by molar-refractivity contribution is 7.98. The summed E-state index contributed by atoms with van der Waals surface area (Å²) in [5, 5.41) is 7.35. The van der Waals surface area contributed by atoms with Crippen molar-refractivity contribution in [1.29, 1.82) is 0 Å². The van der Waals surface area contributed by atoms with Crippen LogP contribution in [0.25, 0.3) is 23.5 Å². The van der Waals surface area contributed by atoms with Crippen LogP contribution in [0.1, 0.15) is 11.4 Å². The Bertz CT molecular complexity index is 960. The number of carbonyl (C=O) groups is 1. The Morgan fingerprint density at radius 3 is 2.72 bits per heavy atom. The third-order valence-corrected chi connectivity index (χ3v) is 4.71. The number of para-hydroxylation sites is 1. The van der Waals surface area contributed by atoms with Gasteiger partial charge in [0.2, 0.25) is 5.91 Å². The molecule has 0 radical (unpaired) electrons. The van der Waals surface area contributed by atoms with Gasteiger partial charge in [0.1, 0.15) is 6.54 Å². The second kappa shape index (κ2) is 6.57. The van der Waals surface area contributed by atoms with Crippen LogP contribution in [0.3, 0.4) is 0 Å². The van der Waals surface area contributed by atoms with E-state index in [0.29, 0.717) is 11.6 Å². The lowest BCUT2D eigenvalue weighted by atomic mass is 10.1. The van der Waals surface area contributed by atoms with Crippen LogP contribution in [0, 0.1) is 0 Å². The maximum Gasteiger partial charge on any atom is 0.246 e. The van der Waals surface area contributed by atoms with Crippen molar-refractivity contribution >= 4 is 35.5 Å². The number of benzene rings is 2. The molecule has 25 heavy (non-hydrogen) atoms. The molecule has 1 amide bonds. The van der Waals surface area contributed by atoms with Gasteiger partial charge >= 0.3 is 0 Å². The molecule has 2 aromatic carbocycles. The lowest BCUT2D eigenvalue weighted by molar-refractivity contribution is -0.116. The van der Waals surface area contributed by atoms with E-state index in [1.165, 1.54) is 4.90 Å². The number of nitrogens with one attached hydrogen (secondary N) is 1. The zero-order valence-electron chi connectivity index (χ0n) is 13.6. The van der Waals surface area contributed by atoms with Gasteiger partial charge in [-0.05, 0) is 42.2 Å². The lowest BCUT2D eigenvalue weighted by Crippen LogP contribution is -2.17. The highest BCUT2D eigenvalue weighted by atomic mass is 32.2. The van der Waals surface area contributed by atoms with E-state index in [1.807, 2.05) is 36.4 Å². The van der Waals surface area contributed by atoms with E-state index in [0.717, 1.165) is 16.8 Å². The van der Waals surface area contributed by atoms with E-state index in [1.54, 1.807) is 16.4 Å². The minimum absolute atomic E-state index is 0.0979. The highest BCUT2D eigenvalue weighted by Crippen LogP contribution is 2.29. The molecule has 0 atom stereocenters. The molecule has 124 valence electrons. The summed E-state index contributed by atoms with van der Waals surface area (Å²) in [6.45, 7) is 0.160. The number of aromatic nitrogens is 3. The zero-order chi connectivity index (χ0) is 17.2. The van der Waals surface area contributed by atoms with Crippen LogP contribution >= 0.6 is 11.8 Å². The molecule has 0 fully saturated rings. The maximum absolute atomic E-state index is 12.0. The topological polar surface area (TPSA) is 59.8 Å². The number of hydrogen-bond donors (Lipinski definition) is 1. The summed E-state index contributed by atoms with van der Waals surface area (Å²) in [5.41, 5.74) is 2.73. The predicted molar refractivity (Wildman–Crippen MR) is 101 cm³/mol. The van der Waals surface area contributed by atoms with Crippen molar-refractivity contribution in [2.24, 2.45) is 0 Å². The molecule has 0 unspecified atom stereocenters. The molecule has 3 aromatic rings. The van der Waals surface area contributed by atoms with Crippen molar-refractivity contribution in [3.05, 3.63) is 59.9 Å². The molecule has 0 saturated heterocycles. The quantitative estimate of drug-likeness (QED) is 0.732. The molecule has 0 spiro atoms. The second-order valence-corrected chi connectivity index (χ2v) is 6.53. The molecule has 1 aliphatic heterocycles. The van der Waals surface area contributed by atoms with Crippen LogP contribution in [0.5, 0.6) is 0 Å². The van der Waals surface area contributed by atoms with Gasteiger partial charge in [0.15, 0.2) is 11.6 Å². The van der Waals surface area contributed by atoms with Crippen LogP contribution in [-0.4, -0.2) is 26.9 Å². The van der Waals surface area contributed by atoms with E-state index < -0.39 is 0 Å². The van der Waals surface area contributed by atoms with E-state index >= 15 is 0 Å². The van der Waals surface area contributed by atoms with Gasteiger partial charge in [-0.3, -0.25) is 4.79 Å². The highest BCUT2D eigenvalue weighted by Gasteiger charge is 2.20. The monoisotopic (exact) mass is 348 g/mol. The molecular formula is C19H16N4OS. The third-order valence-electron chi connectivity index (χ3n) is 3.96. The summed E-state index contributed by atoms with van der Waals surface area (Å²) >= 11 is 1.72. The van der Waals surface area contributed by atoms with Crippen LogP contribution in [-0.2, 0) is 11.3 Å².